The van der Waals surface area contributed by atoms with Crippen LogP contribution in [-0.4, -0.2) is 32.9 Å². The Bertz CT molecular complexity index is 1490. The molecule has 0 amide bonds. The van der Waals surface area contributed by atoms with Crippen LogP contribution in [0, 0.1) is 0 Å². The highest BCUT2D eigenvalue weighted by Crippen LogP contribution is 2.41. The van der Waals surface area contributed by atoms with Crippen molar-refractivity contribution in [2.75, 3.05) is 18.2 Å². The van der Waals surface area contributed by atoms with Crippen molar-refractivity contribution in [2.24, 2.45) is 0 Å². The molecule has 1 aliphatic rings. The van der Waals surface area contributed by atoms with Gasteiger partial charge in [0.15, 0.2) is 5.16 Å². The molecule has 1 fully saturated rings. The van der Waals surface area contributed by atoms with Crippen LogP contribution in [0.5, 0.6) is 0 Å². The number of aromatic nitrogens is 4. The molecule has 6 rings (SSSR count). The predicted octanol–water partition coefficient (Wildman–Crippen LogP) is 6.97. The molecule has 3 aromatic carbocycles. The van der Waals surface area contributed by atoms with Gasteiger partial charge in [-0.3, -0.25) is 4.40 Å². The van der Waals surface area contributed by atoms with Gasteiger partial charge in [-0.1, -0.05) is 59.8 Å². The van der Waals surface area contributed by atoms with Gasteiger partial charge >= 0.3 is 0 Å². The van der Waals surface area contributed by atoms with Crippen molar-refractivity contribution in [3.05, 3.63) is 77.3 Å². The lowest BCUT2D eigenvalue weighted by atomic mass is 10.0. The minimum Gasteiger partial charge on any atom is -0.329 e. The van der Waals surface area contributed by atoms with Crippen LogP contribution >= 0.6 is 23.4 Å². The molecule has 1 aliphatic carbocycles. The van der Waals surface area contributed by atoms with Gasteiger partial charge < -0.3 is 4.90 Å². The molecule has 0 saturated heterocycles. The molecule has 1 saturated carbocycles. The zero-order chi connectivity index (χ0) is 22.5. The lowest BCUT2D eigenvalue weighted by Crippen LogP contribution is -2.13. The summed E-state index contributed by atoms with van der Waals surface area (Å²) in [6.07, 6.45) is 4.62. The van der Waals surface area contributed by atoms with Crippen LogP contribution in [0.3, 0.4) is 0 Å². The van der Waals surface area contributed by atoms with Crippen molar-refractivity contribution >= 4 is 51.5 Å². The first-order valence-corrected chi connectivity index (χ1v) is 12.5. The highest BCUT2D eigenvalue weighted by molar-refractivity contribution is 7.98. The fraction of sp³-hybridized carbons (Fsp3) is 0.192. The maximum Gasteiger partial charge on any atom is 0.258 e. The second-order valence-corrected chi connectivity index (χ2v) is 9.63. The van der Waals surface area contributed by atoms with Gasteiger partial charge in [-0.2, -0.15) is 4.98 Å². The van der Waals surface area contributed by atoms with E-state index in [0.717, 1.165) is 33.5 Å². The lowest BCUT2D eigenvalue weighted by Gasteiger charge is -2.21. The molecule has 0 radical (unpaired) electrons. The number of nitrogens with zero attached hydrogens (tertiary/aromatic N) is 5. The molecule has 0 N–H and O–H groups in total. The van der Waals surface area contributed by atoms with Gasteiger partial charge in [0.2, 0.25) is 0 Å². The van der Waals surface area contributed by atoms with E-state index < -0.39 is 0 Å². The molecule has 0 unspecified atom stereocenters. The third-order valence-corrected chi connectivity index (χ3v) is 7.15. The molecule has 0 atom stereocenters. The number of hydrogen-bond donors (Lipinski definition) is 0. The fourth-order valence-electron chi connectivity index (χ4n) is 4.35. The maximum absolute atomic E-state index is 6.36. The summed E-state index contributed by atoms with van der Waals surface area (Å²) in [6, 6.07) is 23.4. The molecule has 2 aromatic heterocycles. The number of hydrogen-bond acceptors (Lipinski definition) is 5. The third-order valence-electron chi connectivity index (χ3n) is 6.29. The Morgan fingerprint density at radius 3 is 2.55 bits per heavy atom. The van der Waals surface area contributed by atoms with Crippen molar-refractivity contribution in [1.82, 2.24) is 19.6 Å². The minimum atomic E-state index is 0.558. The van der Waals surface area contributed by atoms with E-state index in [-0.39, 0.29) is 0 Å². The Morgan fingerprint density at radius 2 is 1.79 bits per heavy atom. The van der Waals surface area contributed by atoms with Crippen LogP contribution in [0.2, 0.25) is 5.02 Å². The molecule has 0 aliphatic heterocycles. The zero-order valence-electron chi connectivity index (χ0n) is 18.4. The summed E-state index contributed by atoms with van der Waals surface area (Å²) in [7, 11) is 2.04. The topological polar surface area (TPSA) is 46.3 Å². The van der Waals surface area contributed by atoms with Crippen LogP contribution in [0.15, 0.2) is 71.9 Å². The van der Waals surface area contributed by atoms with Crippen LogP contribution in [-0.2, 0) is 0 Å². The van der Waals surface area contributed by atoms with E-state index in [9.17, 15) is 0 Å². The standard InChI is InChI=1S/C26H22ClN5S/c1-31(21-5-3-4-19(14-21)18-10-8-17(9-11-18)16-6-7-16)24-22-13-12-20(27)15-23(22)32-25(28-24)29-30-26(32)33-2/h3-5,8-16H,6-7H2,1-2H3. The predicted molar refractivity (Wildman–Crippen MR) is 137 cm³/mol. The zero-order valence-corrected chi connectivity index (χ0v) is 19.9. The van der Waals surface area contributed by atoms with Crippen molar-refractivity contribution in [2.45, 2.75) is 23.9 Å². The van der Waals surface area contributed by atoms with Gasteiger partial charge in [-0.25, -0.2) is 0 Å². The molecule has 5 aromatic rings. The molecular formula is C26H22ClN5S. The first kappa shape index (κ1) is 20.5. The van der Waals surface area contributed by atoms with E-state index >= 15 is 0 Å². The number of halogens is 1. The van der Waals surface area contributed by atoms with E-state index in [1.165, 1.54) is 41.3 Å². The van der Waals surface area contributed by atoms with Crippen molar-refractivity contribution in [3.63, 3.8) is 0 Å². The van der Waals surface area contributed by atoms with E-state index in [0.29, 0.717) is 10.8 Å². The van der Waals surface area contributed by atoms with Crippen LogP contribution in [0.4, 0.5) is 11.5 Å². The van der Waals surface area contributed by atoms with Gasteiger partial charge in [-0.05, 0) is 72.0 Å². The molecule has 33 heavy (non-hydrogen) atoms. The monoisotopic (exact) mass is 471 g/mol. The van der Waals surface area contributed by atoms with Crippen LogP contribution < -0.4 is 4.90 Å². The average Bonchev–Trinajstić information content (AvgIpc) is 3.62. The average molecular weight is 472 g/mol. The number of rotatable bonds is 5. The summed E-state index contributed by atoms with van der Waals surface area (Å²) in [4.78, 5) is 6.98. The maximum atomic E-state index is 6.36. The Balaban J connectivity index is 1.44. The van der Waals surface area contributed by atoms with E-state index in [1.807, 2.05) is 35.9 Å². The number of thioether (sulfide) groups is 1. The largest absolute Gasteiger partial charge is 0.329 e. The smallest absolute Gasteiger partial charge is 0.258 e. The Morgan fingerprint density at radius 1 is 0.970 bits per heavy atom. The summed E-state index contributed by atoms with van der Waals surface area (Å²) < 4.78 is 1.96. The van der Waals surface area contributed by atoms with E-state index in [1.54, 1.807) is 0 Å². The quantitative estimate of drug-likeness (QED) is 0.259. The number of anilines is 2. The molecule has 0 bridgehead atoms. The van der Waals surface area contributed by atoms with E-state index in [2.05, 4.69) is 63.6 Å². The highest BCUT2D eigenvalue weighted by Gasteiger charge is 2.23. The summed E-state index contributed by atoms with van der Waals surface area (Å²) in [5, 5.41) is 11.1. The van der Waals surface area contributed by atoms with Crippen molar-refractivity contribution in [1.29, 1.82) is 0 Å². The molecule has 2 heterocycles. The Labute approximate surface area is 201 Å². The minimum absolute atomic E-state index is 0.558. The van der Waals surface area contributed by atoms with Crippen LogP contribution in [0.25, 0.3) is 27.8 Å². The second kappa shape index (κ2) is 8.04. The van der Waals surface area contributed by atoms with Crippen LogP contribution in [0.1, 0.15) is 24.3 Å². The third kappa shape index (κ3) is 3.63. The van der Waals surface area contributed by atoms with Crippen molar-refractivity contribution < 1.29 is 0 Å². The second-order valence-electron chi connectivity index (χ2n) is 8.42. The van der Waals surface area contributed by atoms with Gasteiger partial charge in [0.1, 0.15) is 5.82 Å². The Kier molecular flexibility index (Phi) is 5.00. The first-order valence-electron chi connectivity index (χ1n) is 10.9. The number of fused-ring (bicyclic) bond motifs is 3. The Hall–Kier alpha value is -3.09. The first-order chi connectivity index (χ1) is 16.1. The molecule has 7 heteroatoms. The molecule has 0 spiro atoms. The van der Waals surface area contributed by atoms with Gasteiger partial charge in [0.05, 0.1) is 5.52 Å². The normalized spacial score (nSPS) is 13.7. The summed E-state index contributed by atoms with van der Waals surface area (Å²) in [5.41, 5.74) is 5.85. The summed E-state index contributed by atoms with van der Waals surface area (Å²) in [5.74, 6) is 2.14. The highest BCUT2D eigenvalue weighted by atomic mass is 35.5. The fourth-order valence-corrected chi connectivity index (χ4v) is 5.00. The molecule has 164 valence electrons. The SMILES string of the molecule is CSc1nnc2nc(N(C)c3cccc(-c4ccc(C5CC5)cc4)c3)c3ccc(Cl)cc3n12. The van der Waals surface area contributed by atoms with Gasteiger partial charge in [0.25, 0.3) is 5.78 Å². The van der Waals surface area contributed by atoms with Crippen molar-refractivity contribution in [3.8, 4) is 11.1 Å². The number of benzene rings is 3. The van der Waals surface area contributed by atoms with Gasteiger partial charge in [0, 0.05) is 23.1 Å². The van der Waals surface area contributed by atoms with Gasteiger partial charge in [-0.15, -0.1) is 10.2 Å². The summed E-state index contributed by atoms with van der Waals surface area (Å²) >= 11 is 7.89. The molecular weight excluding hydrogens is 450 g/mol. The lowest BCUT2D eigenvalue weighted by molar-refractivity contribution is 0.942. The van der Waals surface area contributed by atoms with E-state index in [4.69, 9.17) is 16.6 Å². The summed E-state index contributed by atoms with van der Waals surface area (Å²) in [6.45, 7) is 0. The molecule has 5 nitrogen and oxygen atoms in total.